The van der Waals surface area contributed by atoms with E-state index in [-0.39, 0.29) is 27.8 Å². The number of ether oxygens (including phenoxy) is 1. The number of alkyl halides is 3. The second kappa shape index (κ2) is 10.9. The molecule has 1 fully saturated rings. The standard InChI is InChI=1S/C25H20Cl2F5N5O4/c1-10-34-24(37(35-10)17-6-13(26)2-3-14(17)25(30,31)32)23-22(40)20(21(39)18(9-38)41-23)36-8-12(7-33-36)11-4-15(28)19(27)16(29)5-11/h2-8,18,20-23,38-40H,9H2,1H3/t18?,20?,21-,22-,23+/m0/s1. The summed E-state index contributed by atoms with van der Waals surface area (Å²) in [6.45, 7) is 0.660. The second-order valence-corrected chi connectivity index (χ2v) is 10.1. The Balaban J connectivity index is 1.58. The van der Waals surface area contributed by atoms with Gasteiger partial charge in [0.25, 0.3) is 0 Å². The number of aliphatic hydroxyl groups excluding tert-OH is 3. The van der Waals surface area contributed by atoms with Crippen LogP contribution in [0.3, 0.4) is 0 Å². The number of aromatic nitrogens is 5. The molecule has 4 aromatic rings. The number of aryl methyl sites for hydroxylation is 1. The van der Waals surface area contributed by atoms with E-state index in [0.29, 0.717) is 0 Å². The minimum Gasteiger partial charge on any atom is -0.394 e. The van der Waals surface area contributed by atoms with Crippen LogP contribution in [0.5, 0.6) is 0 Å². The van der Waals surface area contributed by atoms with Gasteiger partial charge in [-0.1, -0.05) is 23.2 Å². The zero-order chi connectivity index (χ0) is 29.8. The summed E-state index contributed by atoms with van der Waals surface area (Å²) in [7, 11) is 0. The molecule has 5 rings (SSSR count). The van der Waals surface area contributed by atoms with Crippen molar-refractivity contribution in [2.45, 2.75) is 43.6 Å². The fourth-order valence-corrected chi connectivity index (χ4v) is 4.99. The summed E-state index contributed by atoms with van der Waals surface area (Å²) in [5.74, 6) is -2.28. The van der Waals surface area contributed by atoms with Crippen LogP contribution in [0.1, 0.15) is 29.4 Å². The maximum absolute atomic E-state index is 14.0. The topological polar surface area (TPSA) is 118 Å². The molecule has 0 bridgehead atoms. The molecule has 16 heteroatoms. The van der Waals surface area contributed by atoms with Crippen LogP contribution >= 0.6 is 23.2 Å². The van der Waals surface area contributed by atoms with Crippen molar-refractivity contribution < 1.29 is 42.0 Å². The highest BCUT2D eigenvalue weighted by molar-refractivity contribution is 6.31. The summed E-state index contributed by atoms with van der Waals surface area (Å²) in [5.41, 5.74) is -1.34. The van der Waals surface area contributed by atoms with E-state index in [0.717, 1.165) is 39.7 Å². The van der Waals surface area contributed by atoms with E-state index in [2.05, 4.69) is 15.2 Å². The second-order valence-electron chi connectivity index (χ2n) is 9.30. The summed E-state index contributed by atoms with van der Waals surface area (Å²) in [6, 6.07) is 3.44. The van der Waals surface area contributed by atoms with Crippen molar-refractivity contribution in [3.05, 3.63) is 81.6 Å². The molecule has 1 aliphatic heterocycles. The smallest absolute Gasteiger partial charge is 0.394 e. The van der Waals surface area contributed by atoms with Crippen LogP contribution < -0.4 is 0 Å². The van der Waals surface area contributed by atoms with Crippen LogP contribution in [0.15, 0.2) is 42.7 Å². The molecule has 0 spiro atoms. The van der Waals surface area contributed by atoms with Crippen LogP contribution in [0.4, 0.5) is 22.0 Å². The van der Waals surface area contributed by atoms with Crippen molar-refractivity contribution in [3.63, 3.8) is 0 Å². The van der Waals surface area contributed by atoms with E-state index in [1.807, 2.05) is 0 Å². The molecule has 9 nitrogen and oxygen atoms in total. The molecule has 0 amide bonds. The SMILES string of the molecule is Cc1nc([C@@H]2OC(CO)[C@H](O)C(n3cc(-c4cc(F)c(Cl)c(F)c4)cn3)[C@@H]2O)n(-c2cc(Cl)ccc2C(F)(F)F)n1. The van der Waals surface area contributed by atoms with E-state index in [4.69, 9.17) is 27.9 Å². The van der Waals surface area contributed by atoms with Crippen LogP contribution in [0.25, 0.3) is 16.8 Å². The van der Waals surface area contributed by atoms with Gasteiger partial charge in [0.15, 0.2) is 5.82 Å². The Labute approximate surface area is 238 Å². The maximum atomic E-state index is 14.0. The first-order valence-corrected chi connectivity index (χ1v) is 12.7. The first kappa shape index (κ1) is 29.4. The van der Waals surface area contributed by atoms with Gasteiger partial charge in [0, 0.05) is 16.8 Å². The summed E-state index contributed by atoms with van der Waals surface area (Å²) in [4.78, 5) is 4.18. The Kier molecular flexibility index (Phi) is 7.82. The Bertz CT molecular complexity index is 1570. The van der Waals surface area contributed by atoms with E-state index < -0.39 is 71.1 Å². The number of halogens is 7. The van der Waals surface area contributed by atoms with Gasteiger partial charge in [-0.05, 0) is 42.8 Å². The molecule has 2 aromatic carbocycles. The summed E-state index contributed by atoms with van der Waals surface area (Å²) in [6.07, 6.45) is -8.47. The zero-order valence-electron chi connectivity index (χ0n) is 20.8. The summed E-state index contributed by atoms with van der Waals surface area (Å²) < 4.78 is 77.3. The van der Waals surface area contributed by atoms with E-state index >= 15 is 0 Å². The van der Waals surface area contributed by atoms with Gasteiger partial charge in [-0.15, -0.1) is 0 Å². The number of nitrogens with zero attached hydrogens (tertiary/aromatic N) is 5. The van der Waals surface area contributed by atoms with E-state index in [9.17, 15) is 37.3 Å². The van der Waals surface area contributed by atoms with Gasteiger partial charge in [-0.3, -0.25) is 4.68 Å². The highest BCUT2D eigenvalue weighted by atomic mass is 35.5. The van der Waals surface area contributed by atoms with Crippen molar-refractivity contribution >= 4 is 23.2 Å². The Morgan fingerprint density at radius 1 is 1.02 bits per heavy atom. The molecule has 0 saturated carbocycles. The quantitative estimate of drug-likeness (QED) is 0.223. The average Bonchev–Trinajstić information content (AvgIpc) is 3.53. The minimum atomic E-state index is -4.80. The van der Waals surface area contributed by atoms with E-state index in [1.165, 1.54) is 19.3 Å². The third-order valence-corrected chi connectivity index (χ3v) is 7.20. The first-order chi connectivity index (χ1) is 19.3. The van der Waals surface area contributed by atoms with Crippen molar-refractivity contribution in [3.8, 4) is 16.8 Å². The van der Waals surface area contributed by atoms with Crippen LogP contribution in [-0.4, -0.2) is 64.8 Å². The van der Waals surface area contributed by atoms with Gasteiger partial charge in [-0.25, -0.2) is 18.4 Å². The molecule has 3 heterocycles. The largest absolute Gasteiger partial charge is 0.418 e. The lowest BCUT2D eigenvalue weighted by molar-refractivity contribution is -0.210. The van der Waals surface area contributed by atoms with Crippen molar-refractivity contribution in [2.24, 2.45) is 0 Å². The van der Waals surface area contributed by atoms with Crippen LogP contribution in [0.2, 0.25) is 10.0 Å². The average molecular weight is 620 g/mol. The van der Waals surface area contributed by atoms with Gasteiger partial charge in [0.1, 0.15) is 52.9 Å². The van der Waals surface area contributed by atoms with Crippen LogP contribution in [0, 0.1) is 18.6 Å². The lowest BCUT2D eigenvalue weighted by Crippen LogP contribution is -2.53. The molecule has 2 aromatic heterocycles. The van der Waals surface area contributed by atoms with Gasteiger partial charge in [0.2, 0.25) is 0 Å². The lowest BCUT2D eigenvalue weighted by atomic mass is 9.92. The molecule has 2 unspecified atom stereocenters. The van der Waals surface area contributed by atoms with Gasteiger partial charge < -0.3 is 20.1 Å². The third kappa shape index (κ3) is 5.43. The number of hydrogen-bond acceptors (Lipinski definition) is 7. The zero-order valence-corrected chi connectivity index (χ0v) is 22.3. The molecular weight excluding hydrogens is 600 g/mol. The highest BCUT2D eigenvalue weighted by Gasteiger charge is 2.48. The number of rotatable bonds is 5. The Morgan fingerprint density at radius 3 is 2.34 bits per heavy atom. The fourth-order valence-electron chi connectivity index (χ4n) is 4.71. The predicted octanol–water partition coefficient (Wildman–Crippen LogP) is 4.44. The number of benzene rings is 2. The molecular formula is C25H20Cl2F5N5O4. The molecule has 3 N–H and O–H groups in total. The number of hydrogen-bond donors (Lipinski definition) is 3. The van der Waals surface area contributed by atoms with Crippen molar-refractivity contribution in [1.29, 1.82) is 0 Å². The molecule has 0 radical (unpaired) electrons. The molecule has 41 heavy (non-hydrogen) atoms. The summed E-state index contributed by atoms with van der Waals surface area (Å²) >= 11 is 11.6. The van der Waals surface area contributed by atoms with Gasteiger partial charge in [-0.2, -0.15) is 23.4 Å². The fraction of sp³-hybridized carbons (Fsp3) is 0.320. The first-order valence-electron chi connectivity index (χ1n) is 11.9. The monoisotopic (exact) mass is 619 g/mol. The van der Waals surface area contributed by atoms with Crippen molar-refractivity contribution in [2.75, 3.05) is 6.61 Å². The predicted molar refractivity (Wildman–Crippen MR) is 134 cm³/mol. The normalized spacial score (nSPS) is 23.2. The molecule has 1 saturated heterocycles. The lowest BCUT2D eigenvalue weighted by Gasteiger charge is -2.42. The molecule has 218 valence electrons. The van der Waals surface area contributed by atoms with Gasteiger partial charge >= 0.3 is 6.18 Å². The van der Waals surface area contributed by atoms with Crippen LogP contribution in [-0.2, 0) is 10.9 Å². The third-order valence-electron chi connectivity index (χ3n) is 6.60. The highest BCUT2D eigenvalue weighted by Crippen LogP contribution is 2.41. The molecule has 1 aliphatic rings. The van der Waals surface area contributed by atoms with E-state index in [1.54, 1.807) is 0 Å². The Morgan fingerprint density at radius 2 is 1.71 bits per heavy atom. The Hall–Kier alpha value is -3.14. The minimum absolute atomic E-state index is 0.0280. The maximum Gasteiger partial charge on any atom is 0.418 e. The molecule has 5 atom stereocenters. The summed E-state index contributed by atoms with van der Waals surface area (Å²) in [5, 5.41) is 39.7. The van der Waals surface area contributed by atoms with Crippen molar-refractivity contribution in [1.82, 2.24) is 24.5 Å². The van der Waals surface area contributed by atoms with Gasteiger partial charge in [0.05, 0.1) is 24.1 Å². The molecule has 0 aliphatic carbocycles. The number of aliphatic hydroxyl groups is 3.